The van der Waals surface area contributed by atoms with Crippen molar-refractivity contribution in [2.24, 2.45) is 11.8 Å². The van der Waals surface area contributed by atoms with Gasteiger partial charge in [-0.3, -0.25) is 4.79 Å². The summed E-state index contributed by atoms with van der Waals surface area (Å²) in [6, 6.07) is 0. The first-order valence-corrected chi connectivity index (χ1v) is 7.82. The number of carbonyl (C=O) groups excluding carboxylic acids is 1. The molecule has 0 aromatic heterocycles. The molecule has 0 radical (unpaired) electrons. The van der Waals surface area contributed by atoms with Crippen molar-refractivity contribution in [3.05, 3.63) is 0 Å². The smallest absolute Gasteiger partial charge is 0.233 e. The minimum absolute atomic E-state index is 0. The van der Waals surface area contributed by atoms with Crippen LogP contribution in [0.4, 0.5) is 0 Å². The number of rotatable bonds is 8. The maximum Gasteiger partial charge on any atom is 0.233 e. The quantitative estimate of drug-likeness (QED) is 0.674. The summed E-state index contributed by atoms with van der Waals surface area (Å²) in [5.74, 6) is 1.95. The van der Waals surface area contributed by atoms with Crippen LogP contribution in [-0.4, -0.2) is 25.5 Å². The van der Waals surface area contributed by atoms with Gasteiger partial charge in [0.15, 0.2) is 0 Å². The van der Waals surface area contributed by atoms with Crippen LogP contribution in [0.5, 0.6) is 0 Å². The van der Waals surface area contributed by atoms with E-state index in [1.165, 1.54) is 51.4 Å². The lowest BCUT2D eigenvalue weighted by Gasteiger charge is -2.21. The zero-order chi connectivity index (χ0) is 12.6. The summed E-state index contributed by atoms with van der Waals surface area (Å²) in [7, 11) is 0. The summed E-state index contributed by atoms with van der Waals surface area (Å²) in [4.78, 5) is 11.5. The van der Waals surface area contributed by atoms with Crippen LogP contribution < -0.4 is 10.6 Å². The second-order valence-corrected chi connectivity index (χ2v) is 6.07. The monoisotopic (exact) mass is 288 g/mol. The van der Waals surface area contributed by atoms with E-state index in [9.17, 15) is 4.79 Å². The van der Waals surface area contributed by atoms with Gasteiger partial charge in [0.25, 0.3) is 0 Å². The average molecular weight is 289 g/mol. The van der Waals surface area contributed by atoms with Crippen molar-refractivity contribution in [2.75, 3.05) is 19.6 Å². The summed E-state index contributed by atoms with van der Waals surface area (Å²) < 4.78 is 0. The molecule has 0 aromatic carbocycles. The third-order valence-electron chi connectivity index (χ3n) is 4.25. The van der Waals surface area contributed by atoms with Crippen LogP contribution in [0.15, 0.2) is 0 Å². The van der Waals surface area contributed by atoms with E-state index in [0.29, 0.717) is 6.54 Å². The average Bonchev–Trinajstić information content (AvgIpc) is 3.20. The van der Waals surface area contributed by atoms with Crippen LogP contribution in [0.3, 0.4) is 0 Å². The molecule has 2 fully saturated rings. The van der Waals surface area contributed by atoms with Crippen LogP contribution in [0.1, 0.15) is 57.8 Å². The van der Waals surface area contributed by atoms with Crippen molar-refractivity contribution < 1.29 is 4.79 Å². The first-order valence-electron chi connectivity index (χ1n) is 7.82. The minimum Gasteiger partial charge on any atom is -0.355 e. The second kappa shape index (κ2) is 9.60. The number of halogens is 1. The SMILES string of the molecule is Cl.O=C(CNCC1CC1)NCCCC1CCCCC1. The molecule has 1 amide bonds. The molecular weight excluding hydrogens is 260 g/mol. The highest BCUT2D eigenvalue weighted by Gasteiger charge is 2.20. The first kappa shape index (κ1) is 16.8. The van der Waals surface area contributed by atoms with E-state index in [2.05, 4.69) is 10.6 Å². The Hall–Kier alpha value is -0.280. The standard InChI is InChI=1S/C15H28N2O.ClH/c18-15(12-16-11-14-8-9-14)17-10-4-7-13-5-2-1-3-6-13;/h13-14,16H,1-12H2,(H,17,18);1H. The van der Waals surface area contributed by atoms with Gasteiger partial charge in [0, 0.05) is 6.54 Å². The van der Waals surface area contributed by atoms with E-state index in [1.807, 2.05) is 0 Å². The Labute approximate surface area is 123 Å². The Morgan fingerprint density at radius 2 is 1.74 bits per heavy atom. The third kappa shape index (κ3) is 7.78. The highest BCUT2D eigenvalue weighted by atomic mass is 35.5. The van der Waals surface area contributed by atoms with E-state index < -0.39 is 0 Å². The van der Waals surface area contributed by atoms with Crippen molar-refractivity contribution in [1.82, 2.24) is 10.6 Å². The molecule has 0 spiro atoms. The summed E-state index contributed by atoms with van der Waals surface area (Å²) in [5.41, 5.74) is 0. The normalized spacial score (nSPS) is 19.8. The van der Waals surface area contributed by atoms with Gasteiger partial charge in [-0.05, 0) is 44.1 Å². The molecule has 0 aliphatic heterocycles. The summed E-state index contributed by atoms with van der Waals surface area (Å²) >= 11 is 0. The largest absolute Gasteiger partial charge is 0.355 e. The molecule has 2 aliphatic carbocycles. The van der Waals surface area contributed by atoms with E-state index in [4.69, 9.17) is 0 Å². The van der Waals surface area contributed by atoms with Crippen LogP contribution in [0.2, 0.25) is 0 Å². The minimum atomic E-state index is 0. The fourth-order valence-corrected chi connectivity index (χ4v) is 2.87. The van der Waals surface area contributed by atoms with E-state index in [-0.39, 0.29) is 18.3 Å². The topological polar surface area (TPSA) is 41.1 Å². The van der Waals surface area contributed by atoms with Crippen LogP contribution in [0.25, 0.3) is 0 Å². The molecule has 2 rings (SSSR count). The second-order valence-electron chi connectivity index (χ2n) is 6.07. The summed E-state index contributed by atoms with van der Waals surface area (Å²) in [5, 5.41) is 6.24. The molecule has 2 N–H and O–H groups in total. The zero-order valence-corrected chi connectivity index (χ0v) is 12.8. The molecule has 4 heteroatoms. The molecule has 112 valence electrons. The van der Waals surface area contributed by atoms with Crippen molar-refractivity contribution in [3.63, 3.8) is 0 Å². The maximum absolute atomic E-state index is 11.5. The fourth-order valence-electron chi connectivity index (χ4n) is 2.87. The molecule has 2 saturated carbocycles. The van der Waals surface area contributed by atoms with E-state index in [1.54, 1.807) is 0 Å². The molecule has 0 atom stereocenters. The molecule has 0 aromatic rings. The van der Waals surface area contributed by atoms with Crippen LogP contribution >= 0.6 is 12.4 Å². The van der Waals surface area contributed by atoms with Crippen molar-refractivity contribution in [2.45, 2.75) is 57.8 Å². The van der Waals surface area contributed by atoms with Gasteiger partial charge in [-0.15, -0.1) is 12.4 Å². The number of hydrogen-bond acceptors (Lipinski definition) is 2. The van der Waals surface area contributed by atoms with Crippen molar-refractivity contribution in [1.29, 1.82) is 0 Å². The van der Waals surface area contributed by atoms with Gasteiger partial charge >= 0.3 is 0 Å². The van der Waals surface area contributed by atoms with Gasteiger partial charge in [0.1, 0.15) is 0 Å². The highest BCUT2D eigenvalue weighted by Crippen LogP contribution is 2.27. The lowest BCUT2D eigenvalue weighted by Crippen LogP contribution is -2.35. The molecule has 3 nitrogen and oxygen atoms in total. The molecule has 0 saturated heterocycles. The van der Waals surface area contributed by atoms with E-state index in [0.717, 1.165) is 31.3 Å². The van der Waals surface area contributed by atoms with Gasteiger partial charge in [-0.1, -0.05) is 32.1 Å². The Morgan fingerprint density at radius 1 is 1.00 bits per heavy atom. The van der Waals surface area contributed by atoms with E-state index >= 15 is 0 Å². The first-order chi connectivity index (χ1) is 8.84. The van der Waals surface area contributed by atoms with Gasteiger partial charge in [0.05, 0.1) is 6.54 Å². The van der Waals surface area contributed by atoms with Gasteiger partial charge in [-0.25, -0.2) is 0 Å². The third-order valence-corrected chi connectivity index (χ3v) is 4.25. The predicted octanol–water partition coefficient (Wildman–Crippen LogP) is 2.88. The number of amides is 1. The molecule has 0 unspecified atom stereocenters. The van der Waals surface area contributed by atoms with Crippen LogP contribution in [-0.2, 0) is 4.79 Å². The summed E-state index contributed by atoms with van der Waals surface area (Å²) in [6.45, 7) is 2.38. The van der Waals surface area contributed by atoms with Crippen molar-refractivity contribution in [3.8, 4) is 0 Å². The number of carbonyl (C=O) groups is 1. The Morgan fingerprint density at radius 3 is 2.42 bits per heavy atom. The molecule has 0 bridgehead atoms. The molecule has 2 aliphatic rings. The number of nitrogens with one attached hydrogen (secondary N) is 2. The van der Waals surface area contributed by atoms with Gasteiger partial charge in [-0.2, -0.15) is 0 Å². The lowest BCUT2D eigenvalue weighted by atomic mass is 9.86. The molecule has 0 heterocycles. The van der Waals surface area contributed by atoms with Gasteiger partial charge in [0.2, 0.25) is 5.91 Å². The van der Waals surface area contributed by atoms with Crippen LogP contribution in [0, 0.1) is 11.8 Å². The highest BCUT2D eigenvalue weighted by molar-refractivity contribution is 5.85. The Bertz CT molecular complexity index is 251. The predicted molar refractivity (Wildman–Crippen MR) is 81.7 cm³/mol. The fraction of sp³-hybridized carbons (Fsp3) is 0.933. The zero-order valence-electron chi connectivity index (χ0n) is 12.0. The molecular formula is C15H29ClN2O. The maximum atomic E-state index is 11.5. The van der Waals surface area contributed by atoms with Crippen molar-refractivity contribution >= 4 is 18.3 Å². The van der Waals surface area contributed by atoms with Gasteiger partial charge < -0.3 is 10.6 Å². The molecule has 19 heavy (non-hydrogen) atoms. The Kier molecular flexibility index (Phi) is 8.47. The number of hydrogen-bond donors (Lipinski definition) is 2. The summed E-state index contributed by atoms with van der Waals surface area (Å²) in [6.07, 6.45) is 12.2. The lowest BCUT2D eigenvalue weighted by molar-refractivity contribution is -0.120. The Balaban J connectivity index is 0.00000180.